The van der Waals surface area contributed by atoms with Gasteiger partial charge in [-0.1, -0.05) is 6.07 Å². The molecule has 3 heterocycles. The van der Waals surface area contributed by atoms with Crippen LogP contribution in [-0.2, 0) is 11.2 Å². The number of rotatable bonds is 3. The van der Waals surface area contributed by atoms with E-state index in [0.717, 1.165) is 24.1 Å². The van der Waals surface area contributed by atoms with Crippen LogP contribution in [0.2, 0.25) is 0 Å². The standard InChI is InChI=1S/C15H16N2O2S/c1-10(11-3-2-6-16-9-11)17-7-4-13-12(5-8-20-13)14(17)15(18)19/h2-3,5-6,8-10,14H,4,7H2,1H3,(H,18,19). The summed E-state index contributed by atoms with van der Waals surface area (Å²) in [5, 5.41) is 11.6. The lowest BCUT2D eigenvalue weighted by Gasteiger charge is -2.37. The molecule has 0 aromatic carbocycles. The number of carbonyl (C=O) groups is 1. The fourth-order valence-corrected chi connectivity index (χ4v) is 3.75. The monoisotopic (exact) mass is 288 g/mol. The van der Waals surface area contributed by atoms with E-state index in [1.807, 2.05) is 36.7 Å². The van der Waals surface area contributed by atoms with Crippen molar-refractivity contribution in [3.8, 4) is 0 Å². The lowest BCUT2D eigenvalue weighted by atomic mass is 9.96. The van der Waals surface area contributed by atoms with Crippen molar-refractivity contribution in [2.45, 2.75) is 25.4 Å². The predicted molar refractivity (Wildman–Crippen MR) is 77.8 cm³/mol. The molecule has 2 aromatic heterocycles. The zero-order valence-corrected chi connectivity index (χ0v) is 12.0. The van der Waals surface area contributed by atoms with E-state index in [1.54, 1.807) is 17.5 Å². The Morgan fingerprint density at radius 2 is 2.40 bits per heavy atom. The first kappa shape index (κ1) is 13.3. The van der Waals surface area contributed by atoms with Gasteiger partial charge in [-0.3, -0.25) is 14.7 Å². The molecule has 104 valence electrons. The van der Waals surface area contributed by atoms with E-state index >= 15 is 0 Å². The van der Waals surface area contributed by atoms with Crippen LogP contribution in [-0.4, -0.2) is 27.5 Å². The molecule has 0 aliphatic carbocycles. The number of carboxylic acid groups (broad SMARTS) is 1. The highest BCUT2D eigenvalue weighted by Gasteiger charge is 2.36. The Morgan fingerprint density at radius 1 is 1.55 bits per heavy atom. The first-order valence-corrected chi connectivity index (χ1v) is 7.51. The molecule has 0 fully saturated rings. The molecule has 3 rings (SSSR count). The molecule has 0 amide bonds. The van der Waals surface area contributed by atoms with Crippen LogP contribution in [0.3, 0.4) is 0 Å². The van der Waals surface area contributed by atoms with Crippen LogP contribution >= 0.6 is 11.3 Å². The van der Waals surface area contributed by atoms with Crippen molar-refractivity contribution in [3.05, 3.63) is 52.0 Å². The van der Waals surface area contributed by atoms with Crippen LogP contribution in [0.1, 0.15) is 35.0 Å². The average molecular weight is 288 g/mol. The van der Waals surface area contributed by atoms with Crippen molar-refractivity contribution < 1.29 is 9.90 Å². The predicted octanol–water partition coefficient (Wildman–Crippen LogP) is 2.89. The molecular weight excluding hydrogens is 272 g/mol. The third-order valence-electron chi connectivity index (χ3n) is 3.90. The normalized spacial score (nSPS) is 20.4. The van der Waals surface area contributed by atoms with Gasteiger partial charge in [0, 0.05) is 29.9 Å². The second kappa shape index (κ2) is 5.34. The highest BCUT2D eigenvalue weighted by Crippen LogP contribution is 2.38. The van der Waals surface area contributed by atoms with Crippen molar-refractivity contribution in [3.63, 3.8) is 0 Å². The number of hydrogen-bond acceptors (Lipinski definition) is 4. The number of aliphatic carboxylic acids is 1. The Hall–Kier alpha value is -1.72. The molecule has 1 aliphatic heterocycles. The van der Waals surface area contributed by atoms with Crippen molar-refractivity contribution in [1.82, 2.24) is 9.88 Å². The van der Waals surface area contributed by atoms with Gasteiger partial charge in [-0.05, 0) is 42.0 Å². The maximum atomic E-state index is 11.7. The van der Waals surface area contributed by atoms with Crippen LogP contribution in [0.15, 0.2) is 36.0 Å². The smallest absolute Gasteiger partial charge is 0.325 e. The van der Waals surface area contributed by atoms with Crippen LogP contribution in [0, 0.1) is 0 Å². The summed E-state index contributed by atoms with van der Waals surface area (Å²) in [6, 6.07) is 5.32. The van der Waals surface area contributed by atoms with E-state index in [0.29, 0.717) is 0 Å². The van der Waals surface area contributed by atoms with E-state index in [1.165, 1.54) is 4.88 Å². The summed E-state index contributed by atoms with van der Waals surface area (Å²) in [6.45, 7) is 2.81. The lowest BCUT2D eigenvalue weighted by Crippen LogP contribution is -2.40. The third kappa shape index (κ3) is 2.23. The Kier molecular flexibility index (Phi) is 3.54. The SMILES string of the molecule is CC(c1cccnc1)N1CCc2sccc2C1C(=O)O. The second-order valence-electron chi connectivity index (χ2n) is 4.99. The molecule has 1 N–H and O–H groups in total. The lowest BCUT2D eigenvalue weighted by molar-refractivity contribution is -0.145. The average Bonchev–Trinajstić information content (AvgIpc) is 2.94. The zero-order valence-electron chi connectivity index (χ0n) is 11.2. The van der Waals surface area contributed by atoms with Gasteiger partial charge < -0.3 is 5.11 Å². The summed E-state index contributed by atoms with van der Waals surface area (Å²) in [6.07, 6.45) is 4.46. The van der Waals surface area contributed by atoms with Crippen molar-refractivity contribution >= 4 is 17.3 Å². The number of nitrogens with zero attached hydrogens (tertiary/aromatic N) is 2. The minimum atomic E-state index is -0.778. The number of carboxylic acids is 1. The summed E-state index contributed by atoms with van der Waals surface area (Å²) in [5.74, 6) is -0.778. The largest absolute Gasteiger partial charge is 0.480 e. The number of aromatic nitrogens is 1. The molecule has 0 radical (unpaired) electrons. The molecule has 0 saturated carbocycles. The van der Waals surface area contributed by atoms with Gasteiger partial charge in [0.2, 0.25) is 0 Å². The van der Waals surface area contributed by atoms with Gasteiger partial charge in [-0.2, -0.15) is 0 Å². The molecule has 0 bridgehead atoms. The Labute approximate surface area is 121 Å². The van der Waals surface area contributed by atoms with Gasteiger partial charge >= 0.3 is 5.97 Å². The summed E-state index contributed by atoms with van der Waals surface area (Å²) < 4.78 is 0. The van der Waals surface area contributed by atoms with Crippen LogP contribution in [0.4, 0.5) is 0 Å². The molecule has 0 spiro atoms. The summed E-state index contributed by atoms with van der Waals surface area (Å²) >= 11 is 1.65. The minimum Gasteiger partial charge on any atom is -0.480 e. The maximum Gasteiger partial charge on any atom is 0.325 e. The molecule has 2 unspecified atom stereocenters. The van der Waals surface area contributed by atoms with E-state index < -0.39 is 12.0 Å². The molecule has 2 aromatic rings. The molecule has 20 heavy (non-hydrogen) atoms. The molecule has 4 nitrogen and oxygen atoms in total. The van der Waals surface area contributed by atoms with Gasteiger partial charge in [0.05, 0.1) is 0 Å². The summed E-state index contributed by atoms with van der Waals surface area (Å²) in [4.78, 5) is 19.1. The Morgan fingerprint density at radius 3 is 3.10 bits per heavy atom. The molecule has 2 atom stereocenters. The van der Waals surface area contributed by atoms with E-state index in [9.17, 15) is 9.90 Å². The van der Waals surface area contributed by atoms with Crippen LogP contribution < -0.4 is 0 Å². The third-order valence-corrected chi connectivity index (χ3v) is 4.90. The fraction of sp³-hybridized carbons (Fsp3) is 0.333. The number of hydrogen-bond donors (Lipinski definition) is 1. The zero-order chi connectivity index (χ0) is 14.1. The highest BCUT2D eigenvalue weighted by atomic mass is 32.1. The molecular formula is C15H16N2O2S. The van der Waals surface area contributed by atoms with Crippen molar-refractivity contribution in [2.75, 3.05) is 6.54 Å². The van der Waals surface area contributed by atoms with E-state index in [-0.39, 0.29) is 6.04 Å². The van der Waals surface area contributed by atoms with Gasteiger partial charge in [0.1, 0.15) is 6.04 Å². The Balaban J connectivity index is 1.95. The fourth-order valence-electron chi connectivity index (χ4n) is 2.84. The number of fused-ring (bicyclic) bond motifs is 1. The molecule has 1 aliphatic rings. The topological polar surface area (TPSA) is 53.4 Å². The first-order chi connectivity index (χ1) is 9.68. The minimum absolute atomic E-state index is 0.0397. The number of pyridine rings is 1. The van der Waals surface area contributed by atoms with Crippen LogP contribution in [0.25, 0.3) is 0 Å². The quantitative estimate of drug-likeness (QED) is 0.943. The van der Waals surface area contributed by atoms with Gasteiger partial charge in [-0.15, -0.1) is 11.3 Å². The molecule has 5 heteroatoms. The van der Waals surface area contributed by atoms with E-state index in [4.69, 9.17) is 0 Å². The number of thiophene rings is 1. The van der Waals surface area contributed by atoms with Crippen molar-refractivity contribution in [1.29, 1.82) is 0 Å². The van der Waals surface area contributed by atoms with Crippen LogP contribution in [0.5, 0.6) is 0 Å². The van der Waals surface area contributed by atoms with Crippen molar-refractivity contribution in [2.24, 2.45) is 0 Å². The van der Waals surface area contributed by atoms with Gasteiger partial charge in [0.15, 0.2) is 0 Å². The van der Waals surface area contributed by atoms with Gasteiger partial charge in [-0.25, -0.2) is 0 Å². The summed E-state index contributed by atoms with van der Waals surface area (Å²) in [7, 11) is 0. The highest BCUT2D eigenvalue weighted by molar-refractivity contribution is 7.10. The maximum absolute atomic E-state index is 11.7. The second-order valence-corrected chi connectivity index (χ2v) is 5.99. The Bertz CT molecular complexity index is 611. The van der Waals surface area contributed by atoms with Gasteiger partial charge in [0.25, 0.3) is 0 Å². The molecule has 0 saturated heterocycles. The van der Waals surface area contributed by atoms with E-state index in [2.05, 4.69) is 9.88 Å². The summed E-state index contributed by atoms with van der Waals surface area (Å²) in [5.41, 5.74) is 2.00. The first-order valence-electron chi connectivity index (χ1n) is 6.63.